The van der Waals surface area contributed by atoms with Crippen molar-refractivity contribution in [1.29, 1.82) is 0 Å². The van der Waals surface area contributed by atoms with Gasteiger partial charge in [-0.25, -0.2) is 9.97 Å². The minimum absolute atomic E-state index is 0.393. The van der Waals surface area contributed by atoms with Crippen molar-refractivity contribution in [1.82, 2.24) is 9.97 Å². The molecule has 0 aromatic carbocycles. The molecule has 1 unspecified atom stereocenters. The lowest BCUT2D eigenvalue weighted by molar-refractivity contribution is 0.669. The van der Waals surface area contributed by atoms with Crippen LogP contribution in [0.2, 0.25) is 0 Å². The molecule has 74 valence electrons. The maximum absolute atomic E-state index is 4.17. The number of halogens is 1. The van der Waals surface area contributed by atoms with E-state index in [4.69, 9.17) is 0 Å². The van der Waals surface area contributed by atoms with Gasteiger partial charge in [0.05, 0.1) is 4.47 Å². The summed E-state index contributed by atoms with van der Waals surface area (Å²) < 4.78 is 0.905. The lowest BCUT2D eigenvalue weighted by atomic mass is 10.0. The van der Waals surface area contributed by atoms with Gasteiger partial charge in [0.1, 0.15) is 0 Å². The monoisotopic (exact) mass is 253 g/mol. The predicted molar refractivity (Wildman–Crippen MR) is 60.1 cm³/mol. The van der Waals surface area contributed by atoms with E-state index in [-0.39, 0.29) is 0 Å². The van der Waals surface area contributed by atoms with Gasteiger partial charge < -0.3 is 5.32 Å². The Labute approximate surface area is 91.8 Å². The van der Waals surface area contributed by atoms with Gasteiger partial charge in [-0.3, -0.25) is 0 Å². The molecule has 0 radical (unpaired) electrons. The maximum Gasteiger partial charge on any atom is 0.223 e. The van der Waals surface area contributed by atoms with Crippen LogP contribution in [-0.2, 0) is 0 Å². The molecule has 0 amide bonds. The highest BCUT2D eigenvalue weighted by Gasteiger charge is 2.08. The molecule has 1 aliphatic rings. The highest BCUT2D eigenvalue weighted by Crippen LogP contribution is 2.14. The SMILES string of the molecule is Brc1cnc(NC2C=CCCC2)nc1. The molecule has 1 aromatic rings. The number of allylic oxidation sites excluding steroid dienone is 1. The molecule has 4 heteroatoms. The summed E-state index contributed by atoms with van der Waals surface area (Å²) in [6, 6.07) is 0.393. The van der Waals surface area contributed by atoms with Crippen LogP contribution in [0.25, 0.3) is 0 Å². The fourth-order valence-corrected chi connectivity index (χ4v) is 1.69. The normalized spacial score (nSPS) is 20.8. The molecule has 0 aliphatic heterocycles. The standard InChI is InChI=1S/C10H12BrN3/c11-8-6-12-10(13-7-8)14-9-4-2-1-3-5-9/h2,4,6-7,9H,1,3,5H2,(H,12,13,14). The molecule has 1 N–H and O–H groups in total. The molecule has 1 aromatic heterocycles. The van der Waals surface area contributed by atoms with Crippen LogP contribution in [0.1, 0.15) is 19.3 Å². The zero-order valence-corrected chi connectivity index (χ0v) is 9.37. The fourth-order valence-electron chi connectivity index (χ4n) is 1.49. The molecule has 1 heterocycles. The first-order chi connectivity index (χ1) is 6.84. The zero-order valence-electron chi connectivity index (χ0n) is 7.78. The number of hydrogen-bond acceptors (Lipinski definition) is 3. The summed E-state index contributed by atoms with van der Waals surface area (Å²) in [6.45, 7) is 0. The van der Waals surface area contributed by atoms with Gasteiger partial charge in [-0.1, -0.05) is 12.2 Å². The molecule has 0 bridgehead atoms. The van der Waals surface area contributed by atoms with Crippen molar-refractivity contribution < 1.29 is 0 Å². The summed E-state index contributed by atoms with van der Waals surface area (Å²) in [6.07, 6.45) is 11.5. The minimum Gasteiger partial charge on any atom is -0.348 e. The Hall–Kier alpha value is -0.900. The van der Waals surface area contributed by atoms with Crippen LogP contribution in [0.15, 0.2) is 29.0 Å². The van der Waals surface area contributed by atoms with E-state index in [1.807, 2.05) is 0 Å². The number of nitrogens with one attached hydrogen (secondary N) is 1. The first-order valence-electron chi connectivity index (χ1n) is 4.75. The highest BCUT2D eigenvalue weighted by molar-refractivity contribution is 9.10. The summed E-state index contributed by atoms with van der Waals surface area (Å²) in [5.41, 5.74) is 0. The molecule has 0 saturated heterocycles. The average molecular weight is 254 g/mol. The number of nitrogens with zero attached hydrogens (tertiary/aromatic N) is 2. The van der Waals surface area contributed by atoms with Crippen LogP contribution in [0, 0.1) is 0 Å². The van der Waals surface area contributed by atoms with E-state index in [1.54, 1.807) is 12.4 Å². The molecule has 3 nitrogen and oxygen atoms in total. The summed E-state index contributed by atoms with van der Waals surface area (Å²) >= 11 is 3.30. The molecular formula is C10H12BrN3. The van der Waals surface area contributed by atoms with Crippen molar-refractivity contribution >= 4 is 21.9 Å². The smallest absolute Gasteiger partial charge is 0.223 e. The molecule has 0 spiro atoms. The number of hydrogen-bond donors (Lipinski definition) is 1. The quantitative estimate of drug-likeness (QED) is 0.824. The maximum atomic E-state index is 4.17. The molecule has 2 rings (SSSR count). The largest absolute Gasteiger partial charge is 0.348 e. The highest BCUT2D eigenvalue weighted by atomic mass is 79.9. The van der Waals surface area contributed by atoms with E-state index in [1.165, 1.54) is 12.8 Å². The fraction of sp³-hybridized carbons (Fsp3) is 0.400. The third-order valence-corrected chi connectivity index (χ3v) is 2.60. The van der Waals surface area contributed by atoms with Crippen LogP contribution < -0.4 is 5.32 Å². The van der Waals surface area contributed by atoms with E-state index in [2.05, 4.69) is 43.4 Å². The first kappa shape index (κ1) is 9.65. The van der Waals surface area contributed by atoms with Gasteiger partial charge >= 0.3 is 0 Å². The molecule has 0 fully saturated rings. The van der Waals surface area contributed by atoms with E-state index < -0.39 is 0 Å². The molecule has 14 heavy (non-hydrogen) atoms. The van der Waals surface area contributed by atoms with E-state index in [0.29, 0.717) is 12.0 Å². The van der Waals surface area contributed by atoms with Gasteiger partial charge in [-0.05, 0) is 35.2 Å². The van der Waals surface area contributed by atoms with Crippen molar-refractivity contribution in [3.8, 4) is 0 Å². The van der Waals surface area contributed by atoms with Gasteiger partial charge in [0.25, 0.3) is 0 Å². The second-order valence-electron chi connectivity index (χ2n) is 3.33. The third kappa shape index (κ3) is 2.54. The van der Waals surface area contributed by atoms with Gasteiger partial charge in [0.15, 0.2) is 0 Å². The molecule has 1 atom stereocenters. The van der Waals surface area contributed by atoms with Crippen LogP contribution in [-0.4, -0.2) is 16.0 Å². The van der Waals surface area contributed by atoms with Crippen molar-refractivity contribution in [3.05, 3.63) is 29.0 Å². The molecular weight excluding hydrogens is 242 g/mol. The van der Waals surface area contributed by atoms with Gasteiger partial charge in [0, 0.05) is 18.4 Å². The van der Waals surface area contributed by atoms with Gasteiger partial charge in [-0.2, -0.15) is 0 Å². The summed E-state index contributed by atoms with van der Waals surface area (Å²) in [4.78, 5) is 8.34. The number of aromatic nitrogens is 2. The van der Waals surface area contributed by atoms with E-state index in [9.17, 15) is 0 Å². The van der Waals surface area contributed by atoms with Crippen LogP contribution in [0.4, 0.5) is 5.95 Å². The van der Waals surface area contributed by atoms with Gasteiger partial charge in [0.2, 0.25) is 5.95 Å². The zero-order chi connectivity index (χ0) is 9.80. The van der Waals surface area contributed by atoms with E-state index >= 15 is 0 Å². The first-order valence-corrected chi connectivity index (χ1v) is 5.54. The lowest BCUT2D eigenvalue weighted by Gasteiger charge is -2.17. The summed E-state index contributed by atoms with van der Waals surface area (Å²) in [5.74, 6) is 0.699. The summed E-state index contributed by atoms with van der Waals surface area (Å²) in [7, 11) is 0. The Bertz CT molecular complexity index is 321. The lowest BCUT2D eigenvalue weighted by Crippen LogP contribution is -2.19. The Balaban J connectivity index is 1.99. The Kier molecular flexibility index (Phi) is 3.14. The van der Waals surface area contributed by atoms with Gasteiger partial charge in [-0.15, -0.1) is 0 Å². The molecule has 0 saturated carbocycles. The predicted octanol–water partition coefficient (Wildman–Crippen LogP) is 2.76. The topological polar surface area (TPSA) is 37.8 Å². The Morgan fingerprint density at radius 2 is 2.14 bits per heavy atom. The van der Waals surface area contributed by atoms with Crippen molar-refractivity contribution in [3.63, 3.8) is 0 Å². The van der Waals surface area contributed by atoms with Crippen LogP contribution in [0.5, 0.6) is 0 Å². The number of anilines is 1. The van der Waals surface area contributed by atoms with Crippen LogP contribution in [0.3, 0.4) is 0 Å². The molecule has 1 aliphatic carbocycles. The Morgan fingerprint density at radius 1 is 1.36 bits per heavy atom. The minimum atomic E-state index is 0.393. The third-order valence-electron chi connectivity index (χ3n) is 2.19. The average Bonchev–Trinajstić information content (AvgIpc) is 2.23. The van der Waals surface area contributed by atoms with E-state index in [0.717, 1.165) is 10.9 Å². The van der Waals surface area contributed by atoms with Crippen molar-refractivity contribution in [2.75, 3.05) is 5.32 Å². The number of rotatable bonds is 2. The van der Waals surface area contributed by atoms with Crippen molar-refractivity contribution in [2.24, 2.45) is 0 Å². The van der Waals surface area contributed by atoms with Crippen molar-refractivity contribution in [2.45, 2.75) is 25.3 Å². The second-order valence-corrected chi connectivity index (χ2v) is 4.25. The summed E-state index contributed by atoms with van der Waals surface area (Å²) in [5, 5.41) is 3.28. The second kappa shape index (κ2) is 4.55. The Morgan fingerprint density at radius 3 is 2.79 bits per heavy atom. The van der Waals surface area contributed by atoms with Crippen LogP contribution >= 0.6 is 15.9 Å².